The maximum atomic E-state index is 12.1. The molecule has 0 radical (unpaired) electrons. The second kappa shape index (κ2) is 7.27. The minimum absolute atomic E-state index is 0.116. The molecule has 0 heterocycles. The first-order valence-corrected chi connectivity index (χ1v) is 9.06. The fourth-order valence-electron chi connectivity index (χ4n) is 2.11. The first-order valence-electron chi connectivity index (χ1n) is 7.21. The summed E-state index contributed by atoms with van der Waals surface area (Å²) in [5.74, 6) is -0.573. The number of hydrogen-bond donors (Lipinski definition) is 1. The molecule has 2 aromatic rings. The summed E-state index contributed by atoms with van der Waals surface area (Å²) >= 11 is 0. The summed E-state index contributed by atoms with van der Waals surface area (Å²) in [5, 5.41) is 2.64. The molecule has 7 heteroatoms. The van der Waals surface area contributed by atoms with Crippen LogP contribution < -0.4 is 9.62 Å². The number of para-hydroxylation sites is 1. The van der Waals surface area contributed by atoms with E-state index >= 15 is 0 Å². The van der Waals surface area contributed by atoms with Gasteiger partial charge in [-0.25, -0.2) is 8.42 Å². The van der Waals surface area contributed by atoms with Crippen LogP contribution in [-0.4, -0.2) is 32.9 Å². The van der Waals surface area contributed by atoms with Crippen molar-refractivity contribution in [1.82, 2.24) is 0 Å². The zero-order valence-electron chi connectivity index (χ0n) is 13.4. The quantitative estimate of drug-likeness (QED) is 0.814. The van der Waals surface area contributed by atoms with E-state index in [1.807, 2.05) is 6.07 Å². The van der Waals surface area contributed by atoms with Crippen LogP contribution >= 0.6 is 0 Å². The average molecular weight is 346 g/mol. The van der Waals surface area contributed by atoms with Gasteiger partial charge in [-0.3, -0.25) is 13.9 Å². The van der Waals surface area contributed by atoms with Gasteiger partial charge < -0.3 is 5.32 Å². The van der Waals surface area contributed by atoms with E-state index in [2.05, 4.69) is 5.32 Å². The average Bonchev–Trinajstić information content (AvgIpc) is 2.52. The number of Topliss-reactive ketones (excluding diaryl/α,β-unsaturated/α-hetero) is 1. The van der Waals surface area contributed by atoms with E-state index in [1.54, 1.807) is 24.3 Å². The van der Waals surface area contributed by atoms with E-state index in [4.69, 9.17) is 0 Å². The molecule has 0 bridgehead atoms. The third-order valence-electron chi connectivity index (χ3n) is 3.31. The van der Waals surface area contributed by atoms with Gasteiger partial charge in [0, 0.05) is 11.3 Å². The molecule has 126 valence electrons. The standard InChI is InChI=1S/C17H18N2O4S/c1-13(20)14-8-10-16(11-9-14)19(24(2,22)23)12-17(21)18-15-6-4-3-5-7-15/h3-11H,12H2,1-2H3,(H,18,21). The van der Waals surface area contributed by atoms with Gasteiger partial charge in [0.05, 0.1) is 11.9 Å². The Labute approximate surface area is 141 Å². The lowest BCUT2D eigenvalue weighted by Gasteiger charge is -2.22. The van der Waals surface area contributed by atoms with Gasteiger partial charge in [-0.2, -0.15) is 0 Å². The normalized spacial score (nSPS) is 10.9. The summed E-state index contributed by atoms with van der Waals surface area (Å²) < 4.78 is 25.0. The number of hydrogen-bond acceptors (Lipinski definition) is 4. The molecule has 0 aromatic heterocycles. The van der Waals surface area contributed by atoms with E-state index in [-0.39, 0.29) is 12.3 Å². The van der Waals surface area contributed by atoms with Gasteiger partial charge in [-0.15, -0.1) is 0 Å². The fourth-order valence-corrected chi connectivity index (χ4v) is 2.97. The van der Waals surface area contributed by atoms with Gasteiger partial charge in [0.2, 0.25) is 15.9 Å². The zero-order chi connectivity index (χ0) is 17.7. The van der Waals surface area contributed by atoms with Crippen LogP contribution in [-0.2, 0) is 14.8 Å². The van der Waals surface area contributed by atoms with Crippen molar-refractivity contribution in [3.63, 3.8) is 0 Å². The van der Waals surface area contributed by atoms with Crippen LogP contribution in [0.1, 0.15) is 17.3 Å². The van der Waals surface area contributed by atoms with Gasteiger partial charge in [-0.05, 0) is 43.3 Å². The molecule has 0 saturated heterocycles. The molecular formula is C17H18N2O4S. The predicted molar refractivity (Wildman–Crippen MR) is 93.7 cm³/mol. The molecule has 1 N–H and O–H groups in total. The number of anilines is 2. The number of carbonyl (C=O) groups excluding carboxylic acids is 2. The van der Waals surface area contributed by atoms with Crippen molar-refractivity contribution in [2.24, 2.45) is 0 Å². The predicted octanol–water partition coefficient (Wildman–Crippen LogP) is 2.29. The van der Waals surface area contributed by atoms with E-state index in [1.165, 1.54) is 31.2 Å². The lowest BCUT2D eigenvalue weighted by Crippen LogP contribution is -2.37. The Hall–Kier alpha value is -2.67. The highest BCUT2D eigenvalue weighted by Gasteiger charge is 2.21. The Morgan fingerprint density at radius 2 is 1.58 bits per heavy atom. The highest BCUT2D eigenvalue weighted by Crippen LogP contribution is 2.19. The molecule has 0 aliphatic heterocycles. The highest BCUT2D eigenvalue weighted by atomic mass is 32.2. The Balaban J connectivity index is 2.20. The summed E-state index contributed by atoms with van der Waals surface area (Å²) in [5.41, 5.74) is 1.38. The molecule has 0 aliphatic carbocycles. The lowest BCUT2D eigenvalue weighted by atomic mass is 10.1. The number of sulfonamides is 1. The monoisotopic (exact) mass is 346 g/mol. The zero-order valence-corrected chi connectivity index (χ0v) is 14.2. The second-order valence-electron chi connectivity index (χ2n) is 5.29. The summed E-state index contributed by atoms with van der Waals surface area (Å²) in [6, 6.07) is 14.9. The van der Waals surface area contributed by atoms with Crippen LogP contribution in [0.15, 0.2) is 54.6 Å². The van der Waals surface area contributed by atoms with Gasteiger partial charge in [0.15, 0.2) is 5.78 Å². The molecule has 0 unspecified atom stereocenters. The van der Waals surface area contributed by atoms with Gasteiger partial charge in [-0.1, -0.05) is 18.2 Å². The van der Waals surface area contributed by atoms with E-state index in [0.29, 0.717) is 16.9 Å². The van der Waals surface area contributed by atoms with Crippen molar-refractivity contribution < 1.29 is 18.0 Å². The minimum atomic E-state index is -3.65. The number of rotatable bonds is 6. The third-order valence-corrected chi connectivity index (χ3v) is 4.45. The summed E-state index contributed by atoms with van der Waals surface area (Å²) in [4.78, 5) is 23.5. The first-order chi connectivity index (χ1) is 11.3. The number of nitrogens with zero attached hydrogens (tertiary/aromatic N) is 1. The van der Waals surface area contributed by atoms with Crippen molar-refractivity contribution in [2.75, 3.05) is 22.4 Å². The second-order valence-corrected chi connectivity index (χ2v) is 7.19. The Morgan fingerprint density at radius 3 is 2.08 bits per heavy atom. The molecule has 0 spiro atoms. The minimum Gasteiger partial charge on any atom is -0.325 e. The Bertz CT molecular complexity index is 831. The number of ketones is 1. The topological polar surface area (TPSA) is 83.6 Å². The number of carbonyl (C=O) groups is 2. The van der Waals surface area contributed by atoms with Crippen LogP contribution in [0.2, 0.25) is 0 Å². The van der Waals surface area contributed by atoms with Crippen LogP contribution in [0.4, 0.5) is 11.4 Å². The van der Waals surface area contributed by atoms with Crippen LogP contribution in [0.25, 0.3) is 0 Å². The van der Waals surface area contributed by atoms with Crippen molar-refractivity contribution in [3.8, 4) is 0 Å². The molecule has 0 fully saturated rings. The molecule has 24 heavy (non-hydrogen) atoms. The third kappa shape index (κ3) is 4.66. The Kier molecular flexibility index (Phi) is 5.35. The molecule has 2 rings (SSSR count). The fraction of sp³-hybridized carbons (Fsp3) is 0.176. The summed E-state index contributed by atoms with van der Waals surface area (Å²) in [6.45, 7) is 1.07. The molecular weight excluding hydrogens is 328 g/mol. The van der Waals surface area contributed by atoms with E-state index in [0.717, 1.165) is 10.6 Å². The molecule has 6 nitrogen and oxygen atoms in total. The smallest absolute Gasteiger partial charge is 0.245 e. The van der Waals surface area contributed by atoms with Gasteiger partial charge >= 0.3 is 0 Å². The SMILES string of the molecule is CC(=O)c1ccc(N(CC(=O)Nc2ccccc2)S(C)(=O)=O)cc1. The number of amides is 1. The van der Waals surface area contributed by atoms with Crippen molar-refractivity contribution in [1.29, 1.82) is 0 Å². The maximum Gasteiger partial charge on any atom is 0.245 e. The van der Waals surface area contributed by atoms with Crippen LogP contribution in [0.3, 0.4) is 0 Å². The highest BCUT2D eigenvalue weighted by molar-refractivity contribution is 7.92. The van der Waals surface area contributed by atoms with Gasteiger partial charge in [0.25, 0.3) is 0 Å². The molecule has 2 aromatic carbocycles. The molecule has 0 atom stereocenters. The lowest BCUT2D eigenvalue weighted by molar-refractivity contribution is -0.114. The Morgan fingerprint density at radius 1 is 1.00 bits per heavy atom. The summed E-state index contributed by atoms with van der Waals surface area (Å²) in [6.07, 6.45) is 1.03. The summed E-state index contributed by atoms with van der Waals surface area (Å²) in [7, 11) is -3.65. The van der Waals surface area contributed by atoms with Crippen LogP contribution in [0.5, 0.6) is 0 Å². The largest absolute Gasteiger partial charge is 0.325 e. The van der Waals surface area contributed by atoms with E-state index < -0.39 is 15.9 Å². The van der Waals surface area contributed by atoms with Crippen molar-refractivity contribution in [3.05, 3.63) is 60.2 Å². The van der Waals surface area contributed by atoms with Crippen molar-refractivity contribution >= 4 is 33.1 Å². The molecule has 0 aliphatic rings. The number of nitrogens with one attached hydrogen (secondary N) is 1. The first kappa shape index (κ1) is 17.7. The van der Waals surface area contributed by atoms with Crippen LogP contribution in [0, 0.1) is 0 Å². The van der Waals surface area contributed by atoms with Gasteiger partial charge in [0.1, 0.15) is 6.54 Å². The van der Waals surface area contributed by atoms with Crippen molar-refractivity contribution in [2.45, 2.75) is 6.92 Å². The molecule has 1 amide bonds. The number of benzene rings is 2. The molecule has 0 saturated carbocycles. The van der Waals surface area contributed by atoms with E-state index in [9.17, 15) is 18.0 Å². The maximum absolute atomic E-state index is 12.1.